The zero-order valence-electron chi connectivity index (χ0n) is 10.2. The molecule has 1 saturated carbocycles. The molecule has 0 atom stereocenters. The lowest BCUT2D eigenvalue weighted by molar-refractivity contribution is -0.380. The Morgan fingerprint density at radius 3 is 2.78 bits per heavy atom. The number of thiophene rings is 1. The standard InChI is InChI=1S/C12H18N2O3S/c15-12(4-2-1-3-5-12)9-13-7-10-6-11(14(16)17)18-8-10/h6,8,13,15H,1-5,7,9H2. The third-order valence-corrected chi connectivity index (χ3v) is 4.32. The molecule has 1 aromatic rings. The fourth-order valence-electron chi connectivity index (χ4n) is 2.38. The van der Waals surface area contributed by atoms with E-state index in [1.165, 1.54) is 6.42 Å². The third kappa shape index (κ3) is 3.51. The molecule has 100 valence electrons. The minimum Gasteiger partial charge on any atom is -0.389 e. The Hall–Kier alpha value is -0.980. The Labute approximate surface area is 110 Å². The van der Waals surface area contributed by atoms with Crippen molar-refractivity contribution < 1.29 is 10.0 Å². The van der Waals surface area contributed by atoms with Gasteiger partial charge in [0.1, 0.15) is 0 Å². The molecule has 0 unspecified atom stereocenters. The summed E-state index contributed by atoms with van der Waals surface area (Å²) in [5.41, 5.74) is 0.325. The first kappa shape index (κ1) is 13.5. The van der Waals surface area contributed by atoms with Gasteiger partial charge in [-0.3, -0.25) is 10.1 Å². The minimum atomic E-state index is -0.583. The maximum absolute atomic E-state index is 10.5. The van der Waals surface area contributed by atoms with Gasteiger partial charge in [0.2, 0.25) is 0 Å². The SMILES string of the molecule is O=[N+]([O-])c1cc(CNCC2(O)CCCCC2)cs1. The fraction of sp³-hybridized carbons (Fsp3) is 0.667. The highest BCUT2D eigenvalue weighted by Crippen LogP contribution is 2.27. The van der Waals surface area contributed by atoms with Crippen LogP contribution in [-0.2, 0) is 6.54 Å². The van der Waals surface area contributed by atoms with Gasteiger partial charge in [-0.1, -0.05) is 30.6 Å². The van der Waals surface area contributed by atoms with Gasteiger partial charge in [0.15, 0.2) is 0 Å². The zero-order chi connectivity index (χ0) is 13.0. The van der Waals surface area contributed by atoms with Crippen LogP contribution in [0, 0.1) is 10.1 Å². The van der Waals surface area contributed by atoms with E-state index >= 15 is 0 Å². The summed E-state index contributed by atoms with van der Waals surface area (Å²) in [6.07, 6.45) is 5.08. The molecule has 2 N–H and O–H groups in total. The van der Waals surface area contributed by atoms with E-state index in [9.17, 15) is 15.2 Å². The molecule has 6 heteroatoms. The first-order valence-electron chi connectivity index (χ1n) is 6.24. The van der Waals surface area contributed by atoms with Crippen LogP contribution in [0.4, 0.5) is 5.00 Å². The number of hydrogen-bond donors (Lipinski definition) is 2. The molecular formula is C12H18N2O3S. The summed E-state index contributed by atoms with van der Waals surface area (Å²) >= 11 is 1.14. The number of rotatable bonds is 5. The maximum Gasteiger partial charge on any atom is 0.324 e. The van der Waals surface area contributed by atoms with Crippen molar-refractivity contribution in [2.45, 2.75) is 44.2 Å². The predicted octanol–water partition coefficient (Wildman–Crippen LogP) is 2.44. The number of nitrogens with zero attached hydrogens (tertiary/aromatic N) is 1. The number of nitrogens with one attached hydrogen (secondary N) is 1. The van der Waals surface area contributed by atoms with Gasteiger partial charge in [0, 0.05) is 24.5 Å². The molecule has 0 radical (unpaired) electrons. The van der Waals surface area contributed by atoms with Crippen LogP contribution in [0.15, 0.2) is 11.4 Å². The maximum atomic E-state index is 10.5. The number of aliphatic hydroxyl groups is 1. The summed E-state index contributed by atoms with van der Waals surface area (Å²) in [6, 6.07) is 1.59. The summed E-state index contributed by atoms with van der Waals surface area (Å²) in [5.74, 6) is 0. The van der Waals surface area contributed by atoms with E-state index in [2.05, 4.69) is 5.32 Å². The third-order valence-electron chi connectivity index (χ3n) is 3.39. The molecule has 0 spiro atoms. The van der Waals surface area contributed by atoms with Crippen molar-refractivity contribution in [1.82, 2.24) is 5.32 Å². The molecular weight excluding hydrogens is 252 g/mol. The first-order valence-corrected chi connectivity index (χ1v) is 7.12. The van der Waals surface area contributed by atoms with E-state index < -0.39 is 5.60 Å². The molecule has 18 heavy (non-hydrogen) atoms. The van der Waals surface area contributed by atoms with Gasteiger partial charge in [-0.15, -0.1) is 0 Å². The molecule has 0 aliphatic heterocycles. The topological polar surface area (TPSA) is 75.4 Å². The smallest absolute Gasteiger partial charge is 0.324 e. The van der Waals surface area contributed by atoms with Crippen LogP contribution in [-0.4, -0.2) is 22.2 Å². The fourth-order valence-corrected chi connectivity index (χ4v) is 3.11. The van der Waals surface area contributed by atoms with E-state index in [1.54, 1.807) is 11.4 Å². The molecule has 0 aromatic carbocycles. The highest BCUT2D eigenvalue weighted by molar-refractivity contribution is 7.13. The summed E-state index contributed by atoms with van der Waals surface area (Å²) in [4.78, 5) is 10.2. The van der Waals surface area contributed by atoms with E-state index in [4.69, 9.17) is 0 Å². The van der Waals surface area contributed by atoms with Crippen LogP contribution >= 0.6 is 11.3 Å². The summed E-state index contributed by atoms with van der Waals surface area (Å²) in [5, 5.41) is 26.0. The van der Waals surface area contributed by atoms with Crippen molar-refractivity contribution in [2.24, 2.45) is 0 Å². The van der Waals surface area contributed by atoms with E-state index in [0.717, 1.165) is 42.6 Å². The quantitative estimate of drug-likeness (QED) is 0.636. The van der Waals surface area contributed by atoms with Crippen molar-refractivity contribution >= 4 is 16.3 Å². The average molecular weight is 270 g/mol. The lowest BCUT2D eigenvalue weighted by atomic mass is 9.85. The highest BCUT2D eigenvalue weighted by atomic mass is 32.1. The van der Waals surface area contributed by atoms with Crippen molar-refractivity contribution in [3.05, 3.63) is 27.1 Å². The van der Waals surface area contributed by atoms with Crippen molar-refractivity contribution in [2.75, 3.05) is 6.54 Å². The molecule has 1 aliphatic rings. The molecule has 1 heterocycles. The van der Waals surface area contributed by atoms with Crippen LogP contribution in [0.2, 0.25) is 0 Å². The number of nitro groups is 1. The van der Waals surface area contributed by atoms with Gasteiger partial charge < -0.3 is 10.4 Å². The van der Waals surface area contributed by atoms with Crippen LogP contribution in [0.25, 0.3) is 0 Å². The Bertz CT molecular complexity index is 413. The van der Waals surface area contributed by atoms with Crippen LogP contribution in [0.1, 0.15) is 37.7 Å². The van der Waals surface area contributed by atoms with Gasteiger partial charge in [-0.2, -0.15) is 0 Å². The van der Waals surface area contributed by atoms with Crippen LogP contribution in [0.3, 0.4) is 0 Å². The monoisotopic (exact) mass is 270 g/mol. The lowest BCUT2D eigenvalue weighted by Gasteiger charge is -2.32. The predicted molar refractivity (Wildman–Crippen MR) is 70.7 cm³/mol. The molecule has 5 nitrogen and oxygen atoms in total. The Balaban J connectivity index is 1.78. The molecule has 1 aromatic heterocycles. The average Bonchev–Trinajstić information content (AvgIpc) is 2.78. The van der Waals surface area contributed by atoms with Crippen LogP contribution in [0.5, 0.6) is 0 Å². The number of hydrogen-bond acceptors (Lipinski definition) is 5. The lowest BCUT2D eigenvalue weighted by Crippen LogP contribution is -2.41. The second-order valence-corrected chi connectivity index (χ2v) is 5.83. The van der Waals surface area contributed by atoms with Gasteiger partial charge in [0.05, 0.1) is 10.5 Å². The minimum absolute atomic E-state index is 0.170. The Morgan fingerprint density at radius 1 is 1.44 bits per heavy atom. The second-order valence-electron chi connectivity index (χ2n) is 4.94. The second kappa shape index (κ2) is 5.77. The molecule has 1 fully saturated rings. The Morgan fingerprint density at radius 2 is 2.17 bits per heavy atom. The molecule has 0 amide bonds. The van der Waals surface area contributed by atoms with Crippen molar-refractivity contribution in [3.8, 4) is 0 Å². The normalized spacial score (nSPS) is 18.7. The molecule has 2 rings (SSSR count). The van der Waals surface area contributed by atoms with E-state index in [-0.39, 0.29) is 9.92 Å². The largest absolute Gasteiger partial charge is 0.389 e. The van der Waals surface area contributed by atoms with Gasteiger partial charge in [-0.05, 0) is 18.4 Å². The van der Waals surface area contributed by atoms with Gasteiger partial charge in [0.25, 0.3) is 0 Å². The Kier molecular flexibility index (Phi) is 4.31. The van der Waals surface area contributed by atoms with Crippen LogP contribution < -0.4 is 5.32 Å². The molecule has 1 aliphatic carbocycles. The zero-order valence-corrected chi connectivity index (χ0v) is 11.0. The van der Waals surface area contributed by atoms with Crippen molar-refractivity contribution in [3.63, 3.8) is 0 Å². The van der Waals surface area contributed by atoms with Gasteiger partial charge >= 0.3 is 5.00 Å². The highest BCUT2D eigenvalue weighted by Gasteiger charge is 2.28. The first-order chi connectivity index (χ1) is 8.59. The van der Waals surface area contributed by atoms with E-state index in [0.29, 0.717) is 13.1 Å². The summed E-state index contributed by atoms with van der Waals surface area (Å²) in [7, 11) is 0. The van der Waals surface area contributed by atoms with Crippen molar-refractivity contribution in [1.29, 1.82) is 0 Å². The molecule has 0 saturated heterocycles. The summed E-state index contributed by atoms with van der Waals surface area (Å²) in [6.45, 7) is 1.14. The van der Waals surface area contributed by atoms with Gasteiger partial charge in [-0.25, -0.2) is 0 Å². The molecule has 0 bridgehead atoms. The van der Waals surface area contributed by atoms with E-state index in [1.807, 2.05) is 0 Å². The summed E-state index contributed by atoms with van der Waals surface area (Å²) < 4.78 is 0.